The molecule has 3 aromatic rings. The van der Waals surface area contributed by atoms with E-state index in [4.69, 9.17) is 0 Å². The van der Waals surface area contributed by atoms with E-state index in [2.05, 4.69) is 39.0 Å². The predicted octanol–water partition coefficient (Wildman–Crippen LogP) is 2.50. The van der Waals surface area contributed by atoms with Gasteiger partial charge in [-0.2, -0.15) is 0 Å². The molecule has 17 heavy (non-hydrogen) atoms. The van der Waals surface area contributed by atoms with Gasteiger partial charge in [0.2, 0.25) is 0 Å². The van der Waals surface area contributed by atoms with Crippen molar-refractivity contribution in [3.63, 3.8) is 0 Å². The number of nitrogens with one attached hydrogen (secondary N) is 1. The summed E-state index contributed by atoms with van der Waals surface area (Å²) in [7, 11) is 0. The molecule has 4 nitrogen and oxygen atoms in total. The van der Waals surface area contributed by atoms with Gasteiger partial charge in [-0.3, -0.25) is 0 Å². The van der Waals surface area contributed by atoms with Crippen LogP contribution >= 0.6 is 0 Å². The first kappa shape index (κ1) is 9.96. The highest BCUT2D eigenvalue weighted by atomic mass is 15.0. The number of imidazole rings is 1. The van der Waals surface area contributed by atoms with Crippen LogP contribution in [0.3, 0.4) is 0 Å². The van der Waals surface area contributed by atoms with Crippen molar-refractivity contribution in [1.82, 2.24) is 19.9 Å². The van der Waals surface area contributed by atoms with E-state index in [1.807, 2.05) is 18.2 Å². The van der Waals surface area contributed by atoms with Crippen LogP contribution in [-0.2, 0) is 0 Å². The molecule has 3 rings (SSSR count). The molecule has 84 valence electrons. The molecule has 1 aromatic carbocycles. The molecular weight excluding hydrogens is 212 g/mol. The second-order valence-corrected chi connectivity index (χ2v) is 4.01. The van der Waals surface area contributed by atoms with Crippen molar-refractivity contribution in [2.45, 2.75) is 12.8 Å². The van der Waals surface area contributed by atoms with Crippen molar-refractivity contribution in [1.29, 1.82) is 0 Å². The molecule has 0 radical (unpaired) electrons. The van der Waals surface area contributed by atoms with Crippen LogP contribution in [0, 0.1) is 0 Å². The molecule has 0 bridgehead atoms. The zero-order chi connectivity index (χ0) is 11.7. The lowest BCUT2D eigenvalue weighted by atomic mass is 10.0. The van der Waals surface area contributed by atoms with Gasteiger partial charge >= 0.3 is 0 Å². The van der Waals surface area contributed by atoms with E-state index in [9.17, 15) is 0 Å². The van der Waals surface area contributed by atoms with Gasteiger partial charge in [0.25, 0.3) is 0 Å². The summed E-state index contributed by atoms with van der Waals surface area (Å²) in [6.45, 7) is 2.13. The van der Waals surface area contributed by atoms with E-state index in [-0.39, 0.29) is 5.92 Å². The third kappa shape index (κ3) is 1.78. The maximum absolute atomic E-state index is 4.48. The van der Waals surface area contributed by atoms with E-state index in [1.54, 1.807) is 6.20 Å². The summed E-state index contributed by atoms with van der Waals surface area (Å²) in [6.07, 6.45) is 3.26. The lowest BCUT2D eigenvalue weighted by Gasteiger charge is -2.07. The SMILES string of the molecule is CC(c1ccccc1)c1nc2ncncc2[nH]1. The van der Waals surface area contributed by atoms with Crippen molar-refractivity contribution in [2.24, 2.45) is 0 Å². The van der Waals surface area contributed by atoms with E-state index in [0.29, 0.717) is 0 Å². The fraction of sp³-hybridized carbons (Fsp3) is 0.154. The highest BCUT2D eigenvalue weighted by Crippen LogP contribution is 2.22. The summed E-state index contributed by atoms with van der Waals surface area (Å²) in [5.41, 5.74) is 2.84. The van der Waals surface area contributed by atoms with Crippen molar-refractivity contribution in [3.8, 4) is 0 Å². The lowest BCUT2D eigenvalue weighted by molar-refractivity contribution is 0.844. The van der Waals surface area contributed by atoms with E-state index in [0.717, 1.165) is 17.0 Å². The first-order valence-corrected chi connectivity index (χ1v) is 5.55. The van der Waals surface area contributed by atoms with Crippen molar-refractivity contribution in [2.75, 3.05) is 0 Å². The monoisotopic (exact) mass is 224 g/mol. The molecule has 0 saturated heterocycles. The fourth-order valence-electron chi connectivity index (χ4n) is 1.89. The molecule has 0 saturated carbocycles. The Morgan fingerprint density at radius 2 is 2.00 bits per heavy atom. The first-order valence-electron chi connectivity index (χ1n) is 5.55. The Hall–Kier alpha value is -2.23. The normalized spacial score (nSPS) is 12.8. The Bertz CT molecular complexity index is 597. The number of rotatable bonds is 2. The zero-order valence-electron chi connectivity index (χ0n) is 9.46. The van der Waals surface area contributed by atoms with Gasteiger partial charge in [-0.1, -0.05) is 37.3 Å². The summed E-state index contributed by atoms with van der Waals surface area (Å²) in [5.74, 6) is 1.15. The molecule has 1 unspecified atom stereocenters. The number of benzene rings is 1. The van der Waals surface area contributed by atoms with Crippen LogP contribution in [0.15, 0.2) is 42.9 Å². The molecule has 0 aliphatic heterocycles. The number of H-pyrrole nitrogens is 1. The summed E-state index contributed by atoms with van der Waals surface area (Å²) in [4.78, 5) is 15.8. The van der Waals surface area contributed by atoms with Gasteiger partial charge in [-0.05, 0) is 5.56 Å². The third-order valence-electron chi connectivity index (χ3n) is 2.89. The van der Waals surface area contributed by atoms with Gasteiger partial charge < -0.3 is 4.98 Å². The minimum Gasteiger partial charge on any atom is -0.339 e. The van der Waals surface area contributed by atoms with Gasteiger partial charge in [-0.25, -0.2) is 15.0 Å². The number of aromatic nitrogens is 4. The van der Waals surface area contributed by atoms with Crippen LogP contribution < -0.4 is 0 Å². The third-order valence-corrected chi connectivity index (χ3v) is 2.89. The molecule has 2 heterocycles. The molecule has 0 fully saturated rings. The van der Waals surface area contributed by atoms with Crippen molar-refractivity contribution >= 4 is 11.2 Å². The number of fused-ring (bicyclic) bond motifs is 1. The Kier molecular flexibility index (Phi) is 2.33. The molecule has 0 amide bonds. The minimum absolute atomic E-state index is 0.227. The van der Waals surface area contributed by atoms with E-state index >= 15 is 0 Å². The minimum atomic E-state index is 0.227. The Balaban J connectivity index is 2.04. The molecular formula is C13H12N4. The maximum Gasteiger partial charge on any atom is 0.180 e. The molecule has 0 spiro atoms. The zero-order valence-corrected chi connectivity index (χ0v) is 9.46. The highest BCUT2D eigenvalue weighted by Gasteiger charge is 2.12. The Morgan fingerprint density at radius 1 is 1.18 bits per heavy atom. The molecule has 4 heteroatoms. The second kappa shape index (κ2) is 3.97. The maximum atomic E-state index is 4.48. The molecule has 0 aliphatic carbocycles. The molecule has 0 aliphatic rings. The lowest BCUT2D eigenvalue weighted by Crippen LogP contribution is -1.97. The van der Waals surface area contributed by atoms with Gasteiger partial charge in [-0.15, -0.1) is 0 Å². The van der Waals surface area contributed by atoms with Crippen LogP contribution in [0.1, 0.15) is 24.2 Å². The fourth-order valence-corrected chi connectivity index (χ4v) is 1.89. The van der Waals surface area contributed by atoms with Gasteiger partial charge in [0.15, 0.2) is 5.65 Å². The van der Waals surface area contributed by atoms with Crippen molar-refractivity contribution < 1.29 is 0 Å². The second-order valence-electron chi connectivity index (χ2n) is 4.01. The largest absolute Gasteiger partial charge is 0.339 e. The number of aromatic amines is 1. The van der Waals surface area contributed by atoms with Crippen LogP contribution in [0.25, 0.3) is 11.2 Å². The summed E-state index contributed by atoms with van der Waals surface area (Å²) in [6, 6.07) is 10.3. The number of nitrogens with zero attached hydrogens (tertiary/aromatic N) is 3. The molecule has 1 N–H and O–H groups in total. The highest BCUT2D eigenvalue weighted by molar-refractivity contribution is 5.69. The topological polar surface area (TPSA) is 54.5 Å². The Morgan fingerprint density at radius 3 is 2.76 bits per heavy atom. The average Bonchev–Trinajstić information content (AvgIpc) is 2.82. The van der Waals surface area contributed by atoms with Gasteiger partial charge in [0.05, 0.1) is 6.20 Å². The number of hydrogen-bond donors (Lipinski definition) is 1. The van der Waals surface area contributed by atoms with Crippen molar-refractivity contribution in [3.05, 3.63) is 54.2 Å². The molecule has 1 atom stereocenters. The number of hydrogen-bond acceptors (Lipinski definition) is 3. The molecule has 2 aromatic heterocycles. The van der Waals surface area contributed by atoms with Crippen LogP contribution in [0.5, 0.6) is 0 Å². The summed E-state index contributed by atoms with van der Waals surface area (Å²) >= 11 is 0. The first-order chi connectivity index (χ1) is 8.34. The smallest absolute Gasteiger partial charge is 0.180 e. The Labute approximate surface area is 98.8 Å². The van der Waals surface area contributed by atoms with Crippen LogP contribution in [0.2, 0.25) is 0 Å². The van der Waals surface area contributed by atoms with Crippen LogP contribution in [0.4, 0.5) is 0 Å². The van der Waals surface area contributed by atoms with Gasteiger partial charge in [0.1, 0.15) is 17.7 Å². The quantitative estimate of drug-likeness (QED) is 0.727. The van der Waals surface area contributed by atoms with E-state index in [1.165, 1.54) is 11.9 Å². The predicted molar refractivity (Wildman–Crippen MR) is 65.6 cm³/mol. The van der Waals surface area contributed by atoms with E-state index < -0.39 is 0 Å². The summed E-state index contributed by atoms with van der Waals surface area (Å²) < 4.78 is 0. The average molecular weight is 224 g/mol. The van der Waals surface area contributed by atoms with Crippen LogP contribution in [-0.4, -0.2) is 19.9 Å². The standard InChI is InChI=1S/C13H12N4/c1-9(10-5-3-2-4-6-10)12-16-11-7-14-8-15-13(11)17-12/h2-9H,1H3,(H,14,15,16,17). The van der Waals surface area contributed by atoms with Gasteiger partial charge in [0, 0.05) is 5.92 Å². The summed E-state index contributed by atoms with van der Waals surface area (Å²) in [5, 5.41) is 0.